The minimum Gasteiger partial charge on any atom is -0.338 e. The highest BCUT2D eigenvalue weighted by molar-refractivity contribution is 6.42. The van der Waals surface area contributed by atoms with Crippen molar-refractivity contribution in [1.82, 2.24) is 9.80 Å². The van der Waals surface area contributed by atoms with E-state index >= 15 is 0 Å². The van der Waals surface area contributed by atoms with Gasteiger partial charge in [-0.25, -0.2) is 0 Å². The number of benzene rings is 1. The molecular formula is C19H28Cl2N2O. The lowest BCUT2D eigenvalue weighted by Gasteiger charge is -2.36. The van der Waals surface area contributed by atoms with Crippen LogP contribution in [0.2, 0.25) is 10.0 Å². The lowest BCUT2D eigenvalue weighted by atomic mass is 10.0. The topological polar surface area (TPSA) is 23.6 Å². The number of hydrogen-bond donors (Lipinski definition) is 0. The number of nitrogens with zero attached hydrogens (tertiary/aromatic N) is 2. The fourth-order valence-corrected chi connectivity index (χ4v) is 3.74. The molecule has 24 heavy (non-hydrogen) atoms. The number of rotatable bonds is 7. The fourth-order valence-electron chi connectivity index (χ4n) is 3.42. The zero-order valence-electron chi connectivity index (χ0n) is 14.9. The van der Waals surface area contributed by atoms with Crippen LogP contribution in [0, 0.1) is 5.92 Å². The van der Waals surface area contributed by atoms with E-state index in [-0.39, 0.29) is 11.9 Å². The van der Waals surface area contributed by atoms with Gasteiger partial charge >= 0.3 is 0 Å². The van der Waals surface area contributed by atoms with E-state index in [9.17, 15) is 4.79 Å². The number of carbonyl (C=O) groups is 1. The van der Waals surface area contributed by atoms with Crippen LogP contribution < -0.4 is 0 Å². The summed E-state index contributed by atoms with van der Waals surface area (Å²) < 4.78 is 0. The van der Waals surface area contributed by atoms with E-state index in [0.29, 0.717) is 22.4 Å². The molecule has 2 rings (SSSR count). The number of halogens is 2. The standard InChI is InChI=1S/C19H28Cl2N2O/c1-4-23(18(14(2)3)13-22-9-5-6-10-22)19(24)12-15-7-8-16(20)17(21)11-15/h7-8,11,14,18H,4-6,9-10,12-13H2,1-3H3/t18-/m1/s1. The van der Waals surface area contributed by atoms with Crippen molar-refractivity contribution in [2.75, 3.05) is 26.2 Å². The smallest absolute Gasteiger partial charge is 0.227 e. The van der Waals surface area contributed by atoms with E-state index in [1.165, 1.54) is 12.8 Å². The van der Waals surface area contributed by atoms with Gasteiger partial charge in [-0.15, -0.1) is 0 Å². The summed E-state index contributed by atoms with van der Waals surface area (Å²) in [6.45, 7) is 10.5. The highest BCUT2D eigenvalue weighted by Gasteiger charge is 2.28. The molecule has 134 valence electrons. The molecule has 1 aliphatic rings. The second-order valence-corrected chi connectivity index (χ2v) is 7.74. The van der Waals surface area contributed by atoms with Gasteiger partial charge in [0.25, 0.3) is 0 Å². The van der Waals surface area contributed by atoms with Crippen molar-refractivity contribution in [3.05, 3.63) is 33.8 Å². The first kappa shape index (κ1) is 19.6. The van der Waals surface area contributed by atoms with Crippen LogP contribution in [0.15, 0.2) is 18.2 Å². The van der Waals surface area contributed by atoms with E-state index in [4.69, 9.17) is 23.2 Å². The van der Waals surface area contributed by atoms with Crippen LogP contribution in [0.25, 0.3) is 0 Å². The number of carbonyl (C=O) groups excluding carboxylic acids is 1. The first-order valence-electron chi connectivity index (χ1n) is 8.88. The predicted molar refractivity (Wildman–Crippen MR) is 102 cm³/mol. The van der Waals surface area contributed by atoms with Crippen molar-refractivity contribution < 1.29 is 4.79 Å². The normalized spacial score (nSPS) is 16.6. The Labute approximate surface area is 155 Å². The van der Waals surface area contributed by atoms with E-state index in [1.54, 1.807) is 12.1 Å². The highest BCUT2D eigenvalue weighted by Crippen LogP contribution is 2.24. The van der Waals surface area contributed by atoms with Crippen LogP contribution in [0.1, 0.15) is 39.2 Å². The van der Waals surface area contributed by atoms with Crippen LogP contribution >= 0.6 is 23.2 Å². The molecule has 0 bridgehead atoms. The molecule has 0 aromatic heterocycles. The van der Waals surface area contributed by atoms with E-state index in [0.717, 1.165) is 31.7 Å². The van der Waals surface area contributed by atoms with Crippen LogP contribution in [0.3, 0.4) is 0 Å². The summed E-state index contributed by atoms with van der Waals surface area (Å²) in [6.07, 6.45) is 2.91. The molecule has 1 atom stereocenters. The number of likely N-dealkylation sites (tertiary alicyclic amines) is 1. The summed E-state index contributed by atoms with van der Waals surface area (Å²) in [5.41, 5.74) is 0.913. The summed E-state index contributed by atoms with van der Waals surface area (Å²) in [7, 11) is 0. The maximum atomic E-state index is 12.9. The Morgan fingerprint density at radius 3 is 2.42 bits per heavy atom. The van der Waals surface area contributed by atoms with Gasteiger partial charge in [-0.3, -0.25) is 4.79 Å². The molecule has 1 aromatic rings. The van der Waals surface area contributed by atoms with Crippen LogP contribution in [0.5, 0.6) is 0 Å². The van der Waals surface area contributed by atoms with Crippen molar-refractivity contribution in [3.8, 4) is 0 Å². The van der Waals surface area contributed by atoms with Gasteiger partial charge in [0.1, 0.15) is 0 Å². The van der Waals surface area contributed by atoms with Gasteiger partial charge in [0.2, 0.25) is 5.91 Å². The molecule has 0 spiro atoms. The molecule has 1 fully saturated rings. The molecule has 1 aromatic carbocycles. The Kier molecular flexibility index (Phi) is 7.39. The monoisotopic (exact) mass is 370 g/mol. The van der Waals surface area contributed by atoms with Crippen molar-refractivity contribution >= 4 is 29.1 Å². The number of likely N-dealkylation sites (N-methyl/N-ethyl adjacent to an activating group) is 1. The summed E-state index contributed by atoms with van der Waals surface area (Å²) in [5.74, 6) is 0.595. The average molecular weight is 371 g/mol. The summed E-state index contributed by atoms with van der Waals surface area (Å²) in [4.78, 5) is 17.4. The van der Waals surface area contributed by atoms with E-state index < -0.39 is 0 Å². The lowest BCUT2D eigenvalue weighted by Crippen LogP contribution is -2.49. The van der Waals surface area contributed by atoms with E-state index in [1.807, 2.05) is 11.0 Å². The first-order valence-corrected chi connectivity index (χ1v) is 9.63. The largest absolute Gasteiger partial charge is 0.338 e. The Balaban J connectivity index is 2.07. The van der Waals surface area contributed by atoms with Crippen LogP contribution in [0.4, 0.5) is 0 Å². The molecule has 1 amide bonds. The molecule has 5 heteroatoms. The Morgan fingerprint density at radius 1 is 1.21 bits per heavy atom. The third kappa shape index (κ3) is 5.11. The molecule has 1 saturated heterocycles. The second-order valence-electron chi connectivity index (χ2n) is 6.92. The summed E-state index contributed by atoms with van der Waals surface area (Å²) >= 11 is 12.0. The zero-order valence-corrected chi connectivity index (χ0v) is 16.4. The molecule has 0 radical (unpaired) electrons. The Morgan fingerprint density at radius 2 is 1.88 bits per heavy atom. The number of amides is 1. The van der Waals surface area contributed by atoms with E-state index in [2.05, 4.69) is 25.7 Å². The molecular weight excluding hydrogens is 343 g/mol. The van der Waals surface area contributed by atoms with Gasteiger partial charge in [0.05, 0.1) is 16.5 Å². The molecule has 0 saturated carbocycles. The maximum Gasteiger partial charge on any atom is 0.227 e. The van der Waals surface area contributed by atoms with Crippen LogP contribution in [-0.2, 0) is 11.2 Å². The fraction of sp³-hybridized carbons (Fsp3) is 0.632. The van der Waals surface area contributed by atoms with Gasteiger partial charge in [0, 0.05) is 19.1 Å². The molecule has 1 aliphatic heterocycles. The second kappa shape index (κ2) is 9.07. The minimum atomic E-state index is 0.161. The zero-order chi connectivity index (χ0) is 17.7. The molecule has 0 unspecified atom stereocenters. The maximum absolute atomic E-state index is 12.9. The lowest BCUT2D eigenvalue weighted by molar-refractivity contribution is -0.134. The predicted octanol–water partition coefficient (Wildman–Crippen LogP) is 4.50. The third-order valence-corrected chi connectivity index (χ3v) is 5.55. The van der Waals surface area contributed by atoms with Crippen molar-refractivity contribution in [2.24, 2.45) is 5.92 Å². The summed E-state index contributed by atoms with van der Waals surface area (Å²) in [5, 5.41) is 1.02. The Hall–Kier alpha value is -0.770. The average Bonchev–Trinajstić information content (AvgIpc) is 3.03. The number of hydrogen-bond acceptors (Lipinski definition) is 2. The van der Waals surface area contributed by atoms with Gasteiger partial charge in [-0.1, -0.05) is 43.1 Å². The summed E-state index contributed by atoms with van der Waals surface area (Å²) in [6, 6.07) is 5.68. The SMILES string of the molecule is CCN(C(=O)Cc1ccc(Cl)c(Cl)c1)[C@H](CN1CCCC1)C(C)C. The van der Waals surface area contributed by atoms with Crippen molar-refractivity contribution in [1.29, 1.82) is 0 Å². The Bertz CT molecular complexity index is 556. The molecule has 0 N–H and O–H groups in total. The van der Waals surface area contributed by atoms with Gasteiger partial charge in [-0.2, -0.15) is 0 Å². The molecule has 3 nitrogen and oxygen atoms in total. The highest BCUT2D eigenvalue weighted by atomic mass is 35.5. The van der Waals surface area contributed by atoms with Gasteiger partial charge < -0.3 is 9.80 Å². The van der Waals surface area contributed by atoms with Crippen molar-refractivity contribution in [3.63, 3.8) is 0 Å². The van der Waals surface area contributed by atoms with Crippen molar-refractivity contribution in [2.45, 2.75) is 46.1 Å². The van der Waals surface area contributed by atoms with Crippen LogP contribution in [-0.4, -0.2) is 47.9 Å². The molecule has 1 heterocycles. The first-order chi connectivity index (χ1) is 11.4. The minimum absolute atomic E-state index is 0.161. The quantitative estimate of drug-likeness (QED) is 0.704. The molecule has 0 aliphatic carbocycles. The third-order valence-electron chi connectivity index (χ3n) is 4.81. The van der Waals surface area contributed by atoms with Gasteiger partial charge in [0.15, 0.2) is 0 Å². The van der Waals surface area contributed by atoms with Gasteiger partial charge in [-0.05, 0) is 56.5 Å².